The van der Waals surface area contributed by atoms with Gasteiger partial charge >= 0.3 is 0 Å². The van der Waals surface area contributed by atoms with E-state index in [1.165, 1.54) is 28.8 Å². The lowest BCUT2D eigenvalue weighted by Crippen LogP contribution is -2.26. The van der Waals surface area contributed by atoms with Gasteiger partial charge in [0.25, 0.3) is 10.0 Å². The smallest absolute Gasteiger partial charge is 0.252 e. The van der Waals surface area contributed by atoms with E-state index in [1.807, 2.05) is 12.3 Å². The van der Waals surface area contributed by atoms with Gasteiger partial charge in [0.15, 0.2) is 0 Å². The summed E-state index contributed by atoms with van der Waals surface area (Å²) < 4.78 is 26.1. The standard InChI is InChI=1S/C11H14N2O3S3/c1-8-12-10(7-17-8)4-13(2)19(15,16)11-3-9(5-14)6-18-11/h3,6-7,14H,4-5H2,1-2H3. The first kappa shape index (κ1) is 14.6. The number of aliphatic hydroxyl groups is 1. The molecule has 0 saturated carbocycles. The second-order valence-corrected chi connectivity index (χ2v) is 8.30. The van der Waals surface area contributed by atoms with E-state index >= 15 is 0 Å². The zero-order valence-corrected chi connectivity index (χ0v) is 13.0. The van der Waals surface area contributed by atoms with Crippen molar-refractivity contribution in [2.24, 2.45) is 0 Å². The summed E-state index contributed by atoms with van der Waals surface area (Å²) in [6.45, 7) is 1.98. The van der Waals surface area contributed by atoms with Crippen molar-refractivity contribution in [1.29, 1.82) is 0 Å². The summed E-state index contributed by atoms with van der Waals surface area (Å²) >= 11 is 2.62. The molecular weight excluding hydrogens is 304 g/mol. The molecule has 1 N–H and O–H groups in total. The van der Waals surface area contributed by atoms with Gasteiger partial charge in [-0.1, -0.05) is 0 Å². The van der Waals surface area contributed by atoms with Gasteiger partial charge in [-0.3, -0.25) is 0 Å². The highest BCUT2D eigenvalue weighted by Gasteiger charge is 2.23. The molecule has 0 aliphatic rings. The molecule has 0 radical (unpaired) electrons. The van der Waals surface area contributed by atoms with E-state index in [9.17, 15) is 8.42 Å². The van der Waals surface area contributed by atoms with Crippen LogP contribution in [0.2, 0.25) is 0 Å². The lowest BCUT2D eigenvalue weighted by atomic mass is 10.4. The Morgan fingerprint density at radius 1 is 1.37 bits per heavy atom. The fraction of sp³-hybridized carbons (Fsp3) is 0.364. The minimum atomic E-state index is -3.51. The van der Waals surface area contributed by atoms with Gasteiger partial charge in [-0.2, -0.15) is 4.31 Å². The molecule has 0 spiro atoms. The van der Waals surface area contributed by atoms with E-state index in [2.05, 4.69) is 4.98 Å². The van der Waals surface area contributed by atoms with E-state index in [-0.39, 0.29) is 17.4 Å². The first-order valence-corrected chi connectivity index (χ1v) is 8.69. The molecule has 2 aromatic heterocycles. The summed E-state index contributed by atoms with van der Waals surface area (Å²) in [4.78, 5) is 4.26. The molecule has 0 saturated heterocycles. The van der Waals surface area contributed by atoms with Crippen LogP contribution in [0.4, 0.5) is 0 Å². The van der Waals surface area contributed by atoms with Gasteiger partial charge in [-0.05, 0) is 23.9 Å². The van der Waals surface area contributed by atoms with Crippen LogP contribution in [0.25, 0.3) is 0 Å². The van der Waals surface area contributed by atoms with Gasteiger partial charge in [0.1, 0.15) is 4.21 Å². The molecule has 2 heterocycles. The second kappa shape index (κ2) is 5.68. The summed E-state index contributed by atoms with van der Waals surface area (Å²) in [6.07, 6.45) is 0. The maximum absolute atomic E-state index is 12.3. The van der Waals surface area contributed by atoms with Crippen molar-refractivity contribution in [2.75, 3.05) is 7.05 Å². The predicted molar refractivity (Wildman–Crippen MR) is 75.7 cm³/mol. The van der Waals surface area contributed by atoms with Crippen molar-refractivity contribution in [3.63, 3.8) is 0 Å². The van der Waals surface area contributed by atoms with Crippen LogP contribution in [0.1, 0.15) is 16.3 Å². The SMILES string of the molecule is Cc1nc(CN(C)S(=O)(=O)c2cc(CO)cs2)cs1. The van der Waals surface area contributed by atoms with Gasteiger partial charge in [0, 0.05) is 12.4 Å². The van der Waals surface area contributed by atoms with E-state index in [1.54, 1.807) is 5.38 Å². The number of thiophene rings is 1. The van der Waals surface area contributed by atoms with Crippen molar-refractivity contribution in [3.05, 3.63) is 33.1 Å². The second-order valence-electron chi connectivity index (χ2n) is 4.05. The average molecular weight is 318 g/mol. The van der Waals surface area contributed by atoms with Crippen LogP contribution in [-0.4, -0.2) is 29.9 Å². The minimum absolute atomic E-state index is 0.152. The summed E-state index contributed by atoms with van der Waals surface area (Å²) in [5.74, 6) is 0. The summed E-state index contributed by atoms with van der Waals surface area (Å²) in [5.41, 5.74) is 1.36. The number of aromatic nitrogens is 1. The van der Waals surface area contributed by atoms with Crippen molar-refractivity contribution in [2.45, 2.75) is 24.3 Å². The zero-order chi connectivity index (χ0) is 14.0. The quantitative estimate of drug-likeness (QED) is 0.913. The molecular formula is C11H14N2O3S3. The lowest BCUT2D eigenvalue weighted by molar-refractivity contribution is 0.282. The number of rotatable bonds is 5. The largest absolute Gasteiger partial charge is 0.392 e. The van der Waals surface area contributed by atoms with Crippen molar-refractivity contribution in [3.8, 4) is 0 Å². The number of sulfonamides is 1. The Morgan fingerprint density at radius 2 is 2.11 bits per heavy atom. The minimum Gasteiger partial charge on any atom is -0.392 e. The Kier molecular flexibility index (Phi) is 4.36. The van der Waals surface area contributed by atoms with Gasteiger partial charge in [-0.15, -0.1) is 22.7 Å². The van der Waals surface area contributed by atoms with Crippen LogP contribution in [-0.2, 0) is 23.2 Å². The average Bonchev–Trinajstić information content (AvgIpc) is 2.98. The third kappa shape index (κ3) is 3.21. The monoisotopic (exact) mass is 318 g/mol. The molecule has 0 fully saturated rings. The summed E-state index contributed by atoms with van der Waals surface area (Å²) in [6, 6.07) is 1.50. The first-order valence-electron chi connectivity index (χ1n) is 5.49. The van der Waals surface area contributed by atoms with E-state index in [0.717, 1.165) is 22.0 Å². The molecule has 0 amide bonds. The molecule has 104 valence electrons. The van der Waals surface area contributed by atoms with Crippen LogP contribution >= 0.6 is 22.7 Å². The number of aliphatic hydroxyl groups excluding tert-OH is 1. The zero-order valence-electron chi connectivity index (χ0n) is 10.5. The molecule has 0 bridgehead atoms. The maximum Gasteiger partial charge on any atom is 0.252 e. The maximum atomic E-state index is 12.3. The predicted octanol–water partition coefficient (Wildman–Crippen LogP) is 1.83. The molecule has 0 aliphatic carbocycles. The third-order valence-electron chi connectivity index (χ3n) is 2.53. The first-order chi connectivity index (χ1) is 8.93. The number of hydrogen-bond donors (Lipinski definition) is 1. The Hall–Kier alpha value is -0.800. The Labute approximate surface area is 120 Å². The highest BCUT2D eigenvalue weighted by Crippen LogP contribution is 2.24. The summed E-state index contributed by atoms with van der Waals surface area (Å²) in [5, 5.41) is 13.4. The Morgan fingerprint density at radius 3 is 2.63 bits per heavy atom. The topological polar surface area (TPSA) is 70.5 Å². The Balaban J connectivity index is 2.19. The van der Waals surface area contributed by atoms with Gasteiger partial charge in [0.05, 0.1) is 23.9 Å². The van der Waals surface area contributed by atoms with E-state index in [4.69, 9.17) is 5.11 Å². The lowest BCUT2D eigenvalue weighted by Gasteiger charge is -2.14. The molecule has 0 unspecified atom stereocenters. The number of hydrogen-bond acceptors (Lipinski definition) is 6. The van der Waals surface area contributed by atoms with E-state index < -0.39 is 10.0 Å². The van der Waals surface area contributed by atoms with Crippen molar-refractivity contribution in [1.82, 2.24) is 9.29 Å². The molecule has 0 aromatic carbocycles. The van der Waals surface area contributed by atoms with Crippen LogP contribution in [0.15, 0.2) is 21.0 Å². The molecule has 2 aromatic rings. The Bertz CT molecular complexity index is 660. The highest BCUT2D eigenvalue weighted by atomic mass is 32.2. The van der Waals surface area contributed by atoms with Crippen LogP contribution in [0, 0.1) is 6.92 Å². The summed E-state index contributed by atoms with van der Waals surface area (Å²) in [7, 11) is -1.98. The molecule has 5 nitrogen and oxygen atoms in total. The van der Waals surface area contributed by atoms with Crippen LogP contribution in [0.3, 0.4) is 0 Å². The fourth-order valence-electron chi connectivity index (χ4n) is 1.52. The highest BCUT2D eigenvalue weighted by molar-refractivity contribution is 7.91. The fourth-order valence-corrected chi connectivity index (χ4v) is 4.67. The third-order valence-corrected chi connectivity index (χ3v) is 6.62. The van der Waals surface area contributed by atoms with Gasteiger partial charge in [0.2, 0.25) is 0 Å². The number of nitrogens with zero attached hydrogens (tertiary/aromatic N) is 2. The molecule has 8 heteroatoms. The normalized spacial score (nSPS) is 12.2. The van der Waals surface area contributed by atoms with Crippen molar-refractivity contribution < 1.29 is 13.5 Å². The van der Waals surface area contributed by atoms with Gasteiger partial charge < -0.3 is 5.11 Å². The van der Waals surface area contributed by atoms with E-state index in [0.29, 0.717) is 5.56 Å². The number of thiazole rings is 1. The van der Waals surface area contributed by atoms with Crippen LogP contribution in [0.5, 0.6) is 0 Å². The molecule has 0 aliphatic heterocycles. The molecule has 0 atom stereocenters. The molecule has 19 heavy (non-hydrogen) atoms. The van der Waals surface area contributed by atoms with Crippen LogP contribution < -0.4 is 0 Å². The van der Waals surface area contributed by atoms with Gasteiger partial charge in [-0.25, -0.2) is 13.4 Å². The van der Waals surface area contributed by atoms with Crippen molar-refractivity contribution >= 4 is 32.7 Å². The molecule has 2 rings (SSSR count). The number of aryl methyl sites for hydroxylation is 1.